The van der Waals surface area contributed by atoms with Crippen molar-refractivity contribution in [2.24, 2.45) is 11.8 Å². The minimum atomic E-state index is -4.48. The Hall–Kier alpha value is -3.37. The number of likely N-dealkylation sites (tertiary alicyclic amines) is 2. The van der Waals surface area contributed by atoms with Crippen LogP contribution in [0.4, 0.5) is 18.0 Å². The number of carbonyl (C=O) groups is 1. The van der Waals surface area contributed by atoms with Crippen LogP contribution in [-0.4, -0.2) is 61.2 Å². The SMILES string of the molecule is Cc1nn(C(=O)N2CC3CN(Cc4ccc(-c5cnc6ccccn56)cc4C(F)(F)F)CC3C2)cc1Cl. The van der Waals surface area contributed by atoms with E-state index in [1.807, 2.05) is 18.2 Å². The van der Waals surface area contributed by atoms with Crippen LogP contribution in [-0.2, 0) is 12.7 Å². The first-order chi connectivity index (χ1) is 17.7. The highest BCUT2D eigenvalue weighted by atomic mass is 35.5. The lowest BCUT2D eigenvalue weighted by Gasteiger charge is -2.23. The fourth-order valence-corrected chi connectivity index (χ4v) is 5.71. The Morgan fingerprint density at radius 2 is 1.86 bits per heavy atom. The number of imidazole rings is 1. The molecule has 2 aliphatic heterocycles. The van der Waals surface area contributed by atoms with Crippen LogP contribution < -0.4 is 0 Å². The molecule has 6 rings (SSSR count). The van der Waals surface area contributed by atoms with Gasteiger partial charge in [0.05, 0.1) is 34.4 Å². The van der Waals surface area contributed by atoms with Gasteiger partial charge in [-0.1, -0.05) is 29.8 Å². The highest BCUT2D eigenvalue weighted by Crippen LogP contribution is 2.38. The normalized spacial score (nSPS) is 20.2. The molecule has 2 fully saturated rings. The molecule has 1 aromatic carbocycles. The van der Waals surface area contributed by atoms with Crippen molar-refractivity contribution < 1.29 is 18.0 Å². The molecule has 7 nitrogen and oxygen atoms in total. The molecular weight excluding hydrogens is 505 g/mol. The van der Waals surface area contributed by atoms with Crippen LogP contribution in [0.1, 0.15) is 16.8 Å². The summed E-state index contributed by atoms with van der Waals surface area (Å²) in [6, 6.07) is 9.78. The summed E-state index contributed by atoms with van der Waals surface area (Å²) in [5.41, 5.74) is 1.97. The van der Waals surface area contributed by atoms with E-state index in [1.54, 1.807) is 40.8 Å². The van der Waals surface area contributed by atoms with Crippen LogP contribution in [0.2, 0.25) is 5.02 Å². The lowest BCUT2D eigenvalue weighted by molar-refractivity contribution is -0.138. The molecule has 192 valence electrons. The summed E-state index contributed by atoms with van der Waals surface area (Å²) in [6.07, 6.45) is 0.415. The molecule has 5 heterocycles. The highest BCUT2D eigenvalue weighted by molar-refractivity contribution is 6.31. The molecule has 0 N–H and O–H groups in total. The van der Waals surface area contributed by atoms with Crippen LogP contribution in [0.3, 0.4) is 0 Å². The molecule has 0 radical (unpaired) electrons. The van der Waals surface area contributed by atoms with Crippen molar-refractivity contribution in [3.63, 3.8) is 0 Å². The second-order valence-corrected chi connectivity index (χ2v) is 10.3. The monoisotopic (exact) mass is 528 g/mol. The third kappa shape index (κ3) is 4.38. The average molecular weight is 529 g/mol. The first kappa shape index (κ1) is 24.0. The van der Waals surface area contributed by atoms with Crippen LogP contribution in [0.25, 0.3) is 16.9 Å². The number of fused-ring (bicyclic) bond motifs is 2. The van der Waals surface area contributed by atoms with Crippen LogP contribution >= 0.6 is 11.6 Å². The fourth-order valence-electron chi connectivity index (χ4n) is 5.58. The van der Waals surface area contributed by atoms with Crippen molar-refractivity contribution in [1.29, 1.82) is 0 Å². The number of amides is 1. The van der Waals surface area contributed by atoms with Crippen molar-refractivity contribution in [2.45, 2.75) is 19.6 Å². The Kier molecular flexibility index (Phi) is 5.76. The summed E-state index contributed by atoms with van der Waals surface area (Å²) >= 11 is 6.04. The van der Waals surface area contributed by atoms with E-state index in [9.17, 15) is 18.0 Å². The zero-order valence-corrected chi connectivity index (χ0v) is 20.7. The Labute approximate surface area is 216 Å². The van der Waals surface area contributed by atoms with Gasteiger partial charge in [-0.25, -0.2) is 9.78 Å². The van der Waals surface area contributed by atoms with Gasteiger partial charge >= 0.3 is 12.2 Å². The molecule has 2 saturated heterocycles. The Morgan fingerprint density at radius 1 is 1.11 bits per heavy atom. The molecule has 37 heavy (non-hydrogen) atoms. The van der Waals surface area contributed by atoms with Gasteiger partial charge in [-0.05, 0) is 42.5 Å². The maximum Gasteiger partial charge on any atom is 0.416 e. The van der Waals surface area contributed by atoms with Crippen molar-refractivity contribution in [1.82, 2.24) is 29.0 Å². The Morgan fingerprint density at radius 3 is 2.54 bits per heavy atom. The maximum absolute atomic E-state index is 14.1. The largest absolute Gasteiger partial charge is 0.416 e. The number of hydrogen-bond acceptors (Lipinski definition) is 4. The number of aromatic nitrogens is 4. The summed E-state index contributed by atoms with van der Waals surface area (Å²) in [6.45, 7) is 4.32. The van der Waals surface area contributed by atoms with Gasteiger partial charge in [-0.3, -0.25) is 9.30 Å². The predicted molar refractivity (Wildman–Crippen MR) is 132 cm³/mol. The summed E-state index contributed by atoms with van der Waals surface area (Å²) in [5, 5.41) is 4.60. The predicted octanol–water partition coefficient (Wildman–Crippen LogP) is 5.21. The molecule has 0 aliphatic carbocycles. The first-order valence-corrected chi connectivity index (χ1v) is 12.4. The smallest absolute Gasteiger partial charge is 0.322 e. The Bertz CT molecular complexity index is 1460. The second-order valence-electron chi connectivity index (χ2n) is 9.85. The van der Waals surface area contributed by atoms with E-state index in [2.05, 4.69) is 15.0 Å². The lowest BCUT2D eigenvalue weighted by atomic mass is 10.0. The van der Waals surface area contributed by atoms with E-state index in [0.717, 1.165) is 0 Å². The van der Waals surface area contributed by atoms with Crippen molar-refractivity contribution in [3.8, 4) is 11.3 Å². The van der Waals surface area contributed by atoms with Gasteiger partial charge in [0, 0.05) is 44.5 Å². The van der Waals surface area contributed by atoms with Gasteiger partial charge in [-0.15, -0.1) is 0 Å². The molecule has 0 spiro atoms. The third-order valence-corrected chi connectivity index (χ3v) is 7.76. The molecule has 11 heteroatoms. The zero-order chi connectivity index (χ0) is 25.9. The standard InChI is InChI=1S/C26H24ClF3N6O/c1-16-22(27)15-36(32-16)25(37)34-13-19-11-33(12-20(19)14-34)10-18-6-5-17(8-21(18)26(28,29)30)23-9-31-24-4-2-3-7-35(23)24/h2-9,15,19-20H,10-14H2,1H3. The average Bonchev–Trinajstić information content (AvgIpc) is 3.61. The number of halogens is 4. The van der Waals surface area contributed by atoms with E-state index in [-0.39, 0.29) is 30.0 Å². The number of pyridine rings is 1. The van der Waals surface area contributed by atoms with Gasteiger partial charge in [0.25, 0.3) is 0 Å². The number of aryl methyl sites for hydroxylation is 1. The molecule has 2 unspecified atom stereocenters. The number of nitrogens with zero attached hydrogens (tertiary/aromatic N) is 6. The highest BCUT2D eigenvalue weighted by Gasteiger charge is 2.43. The summed E-state index contributed by atoms with van der Waals surface area (Å²) in [4.78, 5) is 20.9. The molecule has 2 atom stereocenters. The fraction of sp³-hybridized carbons (Fsp3) is 0.346. The molecular formula is C26H24ClF3N6O. The summed E-state index contributed by atoms with van der Waals surface area (Å²) < 4.78 is 45.4. The van der Waals surface area contributed by atoms with Gasteiger partial charge in [-0.2, -0.15) is 23.0 Å². The molecule has 2 aliphatic rings. The molecule has 4 aromatic rings. The second kappa shape index (κ2) is 8.88. The maximum atomic E-state index is 14.1. The number of benzene rings is 1. The van der Waals surface area contributed by atoms with Crippen LogP contribution in [0, 0.1) is 18.8 Å². The number of alkyl halides is 3. The number of carbonyl (C=O) groups excluding carboxylic acids is 1. The van der Waals surface area contributed by atoms with Gasteiger partial charge in [0.2, 0.25) is 0 Å². The summed E-state index contributed by atoms with van der Waals surface area (Å²) in [5.74, 6) is 0.422. The minimum absolute atomic E-state index is 0.206. The van der Waals surface area contributed by atoms with Crippen LogP contribution in [0.5, 0.6) is 0 Å². The lowest BCUT2D eigenvalue weighted by Crippen LogP contribution is -2.36. The van der Waals surface area contributed by atoms with Gasteiger partial charge < -0.3 is 4.90 Å². The first-order valence-electron chi connectivity index (χ1n) is 12.0. The van der Waals surface area contributed by atoms with E-state index in [0.29, 0.717) is 53.8 Å². The van der Waals surface area contributed by atoms with Gasteiger partial charge in [0.15, 0.2) is 0 Å². The quantitative estimate of drug-likeness (QED) is 0.366. The van der Waals surface area contributed by atoms with E-state index in [1.165, 1.54) is 16.9 Å². The number of rotatable bonds is 3. The van der Waals surface area contributed by atoms with Crippen molar-refractivity contribution >= 4 is 23.3 Å². The Balaban J connectivity index is 1.18. The van der Waals surface area contributed by atoms with Crippen molar-refractivity contribution in [3.05, 3.63) is 76.8 Å². The summed E-state index contributed by atoms with van der Waals surface area (Å²) in [7, 11) is 0. The number of hydrogen-bond donors (Lipinski definition) is 0. The zero-order valence-electron chi connectivity index (χ0n) is 20.0. The van der Waals surface area contributed by atoms with Crippen molar-refractivity contribution in [2.75, 3.05) is 26.2 Å². The topological polar surface area (TPSA) is 58.7 Å². The molecule has 3 aromatic heterocycles. The van der Waals surface area contributed by atoms with Crippen LogP contribution in [0.15, 0.2) is 55.0 Å². The van der Waals surface area contributed by atoms with Gasteiger partial charge in [0.1, 0.15) is 5.65 Å². The molecule has 0 saturated carbocycles. The molecule has 0 bridgehead atoms. The van der Waals surface area contributed by atoms with E-state index >= 15 is 0 Å². The van der Waals surface area contributed by atoms with E-state index in [4.69, 9.17) is 11.6 Å². The van der Waals surface area contributed by atoms with E-state index < -0.39 is 11.7 Å². The molecule has 1 amide bonds. The minimum Gasteiger partial charge on any atom is -0.322 e. The third-order valence-electron chi connectivity index (χ3n) is 7.39.